The summed E-state index contributed by atoms with van der Waals surface area (Å²) in [5.41, 5.74) is 0. The van der Waals surface area contributed by atoms with Gasteiger partial charge in [0, 0.05) is 32.6 Å². The van der Waals surface area contributed by atoms with Crippen molar-refractivity contribution in [1.82, 2.24) is 15.5 Å². The Morgan fingerprint density at radius 2 is 1.82 bits per heavy atom. The third kappa shape index (κ3) is 9.87. The SMILES string of the molecule is CCNC(=NCCCCC(F)(F)F)NCCN1CCCCC1. The number of piperidine rings is 1. The van der Waals surface area contributed by atoms with Gasteiger partial charge in [-0.2, -0.15) is 13.2 Å². The van der Waals surface area contributed by atoms with Crippen LogP contribution in [-0.4, -0.2) is 56.3 Å². The molecule has 0 aromatic heterocycles. The molecule has 0 atom stereocenters. The number of nitrogens with zero attached hydrogens (tertiary/aromatic N) is 2. The summed E-state index contributed by atoms with van der Waals surface area (Å²) in [6, 6.07) is 0. The number of likely N-dealkylation sites (tertiary alicyclic amines) is 1. The summed E-state index contributed by atoms with van der Waals surface area (Å²) in [7, 11) is 0. The van der Waals surface area contributed by atoms with Crippen molar-refractivity contribution in [3.63, 3.8) is 0 Å². The van der Waals surface area contributed by atoms with Crippen LogP contribution in [0.2, 0.25) is 0 Å². The second-order valence-corrected chi connectivity index (χ2v) is 5.66. The Morgan fingerprint density at radius 3 is 2.45 bits per heavy atom. The fourth-order valence-corrected chi connectivity index (χ4v) is 2.49. The number of aliphatic imine (C=N–C) groups is 1. The summed E-state index contributed by atoms with van der Waals surface area (Å²) in [6.45, 7) is 7.27. The molecule has 2 N–H and O–H groups in total. The zero-order valence-corrected chi connectivity index (χ0v) is 13.5. The highest BCUT2D eigenvalue weighted by Crippen LogP contribution is 2.21. The van der Waals surface area contributed by atoms with Gasteiger partial charge >= 0.3 is 6.18 Å². The minimum atomic E-state index is -4.05. The molecule has 7 heteroatoms. The third-order valence-electron chi connectivity index (χ3n) is 3.65. The van der Waals surface area contributed by atoms with Crippen molar-refractivity contribution in [3.05, 3.63) is 0 Å². The molecule has 1 aliphatic heterocycles. The maximum atomic E-state index is 12.0. The van der Waals surface area contributed by atoms with Crippen LogP contribution in [0.1, 0.15) is 45.4 Å². The Bertz CT molecular complexity index is 312. The fourth-order valence-electron chi connectivity index (χ4n) is 2.49. The van der Waals surface area contributed by atoms with E-state index in [1.807, 2.05) is 6.92 Å². The number of alkyl halides is 3. The number of unbranched alkanes of at least 4 members (excludes halogenated alkanes) is 1. The Labute approximate surface area is 131 Å². The molecule has 1 heterocycles. The van der Waals surface area contributed by atoms with Crippen LogP contribution in [-0.2, 0) is 0 Å². The Hall–Kier alpha value is -0.980. The van der Waals surface area contributed by atoms with Crippen molar-refractivity contribution < 1.29 is 13.2 Å². The molecule has 0 bridgehead atoms. The molecule has 1 rings (SSSR count). The standard InChI is InChI=1S/C15H29F3N4/c1-2-19-14(20-9-5-4-8-15(16,17)18)21-10-13-22-11-6-3-7-12-22/h2-13H2,1H3,(H2,19,20,21). The van der Waals surface area contributed by atoms with Gasteiger partial charge in [0.05, 0.1) is 0 Å². The Morgan fingerprint density at radius 1 is 1.09 bits per heavy atom. The Kier molecular flexibility index (Phi) is 9.27. The van der Waals surface area contributed by atoms with Gasteiger partial charge in [0.25, 0.3) is 0 Å². The minimum absolute atomic E-state index is 0.139. The lowest BCUT2D eigenvalue weighted by Gasteiger charge is -2.26. The smallest absolute Gasteiger partial charge is 0.357 e. The zero-order chi connectivity index (χ0) is 16.3. The molecule has 1 saturated heterocycles. The summed E-state index contributed by atoms with van der Waals surface area (Å²) < 4.78 is 36.1. The van der Waals surface area contributed by atoms with Crippen LogP contribution >= 0.6 is 0 Å². The summed E-state index contributed by atoms with van der Waals surface area (Å²) in [5.74, 6) is 0.700. The lowest BCUT2D eigenvalue weighted by Crippen LogP contribution is -2.42. The zero-order valence-electron chi connectivity index (χ0n) is 13.5. The average molecular weight is 322 g/mol. The summed E-state index contributed by atoms with van der Waals surface area (Å²) in [5, 5.41) is 6.38. The van der Waals surface area contributed by atoms with Crippen molar-refractivity contribution in [2.75, 3.05) is 39.3 Å². The molecule has 0 aromatic rings. The van der Waals surface area contributed by atoms with Gasteiger partial charge < -0.3 is 15.5 Å². The van der Waals surface area contributed by atoms with Crippen molar-refractivity contribution in [2.24, 2.45) is 4.99 Å². The van der Waals surface area contributed by atoms with Crippen molar-refractivity contribution >= 4 is 5.96 Å². The molecular weight excluding hydrogens is 293 g/mol. The van der Waals surface area contributed by atoms with Crippen molar-refractivity contribution in [1.29, 1.82) is 0 Å². The lowest BCUT2D eigenvalue weighted by atomic mass is 10.1. The van der Waals surface area contributed by atoms with E-state index in [1.165, 1.54) is 19.3 Å². The quantitative estimate of drug-likeness (QED) is 0.410. The van der Waals surface area contributed by atoms with Crippen LogP contribution in [0.3, 0.4) is 0 Å². The molecule has 0 aliphatic carbocycles. The highest BCUT2D eigenvalue weighted by atomic mass is 19.4. The van der Waals surface area contributed by atoms with E-state index in [-0.39, 0.29) is 6.42 Å². The van der Waals surface area contributed by atoms with E-state index in [2.05, 4.69) is 20.5 Å². The molecule has 0 unspecified atom stereocenters. The third-order valence-corrected chi connectivity index (χ3v) is 3.65. The number of hydrogen-bond acceptors (Lipinski definition) is 2. The summed E-state index contributed by atoms with van der Waals surface area (Å²) >= 11 is 0. The largest absolute Gasteiger partial charge is 0.389 e. The highest BCUT2D eigenvalue weighted by Gasteiger charge is 2.25. The molecule has 0 amide bonds. The molecule has 0 spiro atoms. The second-order valence-electron chi connectivity index (χ2n) is 5.66. The molecule has 0 saturated carbocycles. The van der Waals surface area contributed by atoms with Crippen LogP contribution in [0.4, 0.5) is 13.2 Å². The van der Waals surface area contributed by atoms with Gasteiger partial charge in [-0.25, -0.2) is 0 Å². The van der Waals surface area contributed by atoms with Gasteiger partial charge in [-0.05, 0) is 45.7 Å². The molecule has 4 nitrogen and oxygen atoms in total. The van der Waals surface area contributed by atoms with Crippen molar-refractivity contribution in [3.8, 4) is 0 Å². The first-order valence-electron chi connectivity index (χ1n) is 8.32. The average Bonchev–Trinajstić information content (AvgIpc) is 2.47. The molecule has 0 aromatic carbocycles. The van der Waals surface area contributed by atoms with E-state index in [9.17, 15) is 13.2 Å². The van der Waals surface area contributed by atoms with Crippen molar-refractivity contribution in [2.45, 2.75) is 51.6 Å². The molecule has 1 fully saturated rings. The van der Waals surface area contributed by atoms with E-state index in [4.69, 9.17) is 0 Å². The number of nitrogens with one attached hydrogen (secondary N) is 2. The minimum Gasteiger partial charge on any atom is -0.357 e. The number of halogens is 3. The molecular formula is C15H29F3N4. The first-order chi connectivity index (χ1) is 10.5. The van der Waals surface area contributed by atoms with Gasteiger partial charge in [-0.15, -0.1) is 0 Å². The fraction of sp³-hybridized carbons (Fsp3) is 0.933. The maximum absolute atomic E-state index is 12.0. The van der Waals surface area contributed by atoms with E-state index < -0.39 is 12.6 Å². The topological polar surface area (TPSA) is 39.7 Å². The number of guanidine groups is 1. The van der Waals surface area contributed by atoms with Crippen LogP contribution in [0, 0.1) is 0 Å². The molecule has 0 radical (unpaired) electrons. The van der Waals surface area contributed by atoms with Crippen LogP contribution in [0.5, 0.6) is 0 Å². The van der Waals surface area contributed by atoms with E-state index >= 15 is 0 Å². The van der Waals surface area contributed by atoms with Gasteiger partial charge in [-0.1, -0.05) is 6.42 Å². The maximum Gasteiger partial charge on any atom is 0.389 e. The van der Waals surface area contributed by atoms with Crippen LogP contribution < -0.4 is 10.6 Å². The van der Waals surface area contributed by atoms with Crippen LogP contribution in [0.15, 0.2) is 4.99 Å². The highest BCUT2D eigenvalue weighted by molar-refractivity contribution is 5.79. The number of hydrogen-bond donors (Lipinski definition) is 2. The van der Waals surface area contributed by atoms with E-state index in [0.29, 0.717) is 18.9 Å². The first kappa shape index (κ1) is 19.1. The second kappa shape index (κ2) is 10.7. The Balaban J connectivity index is 2.17. The summed E-state index contributed by atoms with van der Waals surface area (Å²) in [4.78, 5) is 6.76. The monoisotopic (exact) mass is 322 g/mol. The first-order valence-corrected chi connectivity index (χ1v) is 8.32. The molecule has 1 aliphatic rings. The van der Waals surface area contributed by atoms with Gasteiger partial charge in [0.15, 0.2) is 5.96 Å². The van der Waals surface area contributed by atoms with E-state index in [1.54, 1.807) is 0 Å². The van der Waals surface area contributed by atoms with E-state index in [0.717, 1.165) is 32.7 Å². The normalized spacial score (nSPS) is 17.5. The number of rotatable bonds is 8. The van der Waals surface area contributed by atoms with Gasteiger partial charge in [0.2, 0.25) is 0 Å². The van der Waals surface area contributed by atoms with Gasteiger partial charge in [0.1, 0.15) is 0 Å². The van der Waals surface area contributed by atoms with Gasteiger partial charge in [-0.3, -0.25) is 4.99 Å². The molecule has 130 valence electrons. The van der Waals surface area contributed by atoms with Crippen LogP contribution in [0.25, 0.3) is 0 Å². The molecule has 22 heavy (non-hydrogen) atoms. The lowest BCUT2D eigenvalue weighted by molar-refractivity contribution is -0.135. The summed E-state index contributed by atoms with van der Waals surface area (Å²) in [6.07, 6.45) is -0.308. The predicted molar refractivity (Wildman–Crippen MR) is 84.2 cm³/mol. The predicted octanol–water partition coefficient (Wildman–Crippen LogP) is 2.76.